The van der Waals surface area contributed by atoms with E-state index < -0.39 is 0 Å². The highest BCUT2D eigenvalue weighted by molar-refractivity contribution is 5.78. The minimum atomic E-state index is 0.187. The number of pyridine rings is 2. The fraction of sp³-hybridized carbons (Fsp3) is 0.389. The summed E-state index contributed by atoms with van der Waals surface area (Å²) >= 11 is 0. The van der Waals surface area contributed by atoms with Crippen molar-refractivity contribution in [1.82, 2.24) is 14.9 Å². The van der Waals surface area contributed by atoms with E-state index in [0.29, 0.717) is 12.3 Å². The normalized spacial score (nSPS) is 17.7. The van der Waals surface area contributed by atoms with E-state index in [1.54, 1.807) is 12.4 Å². The number of aromatic nitrogens is 2. The highest BCUT2D eigenvalue weighted by Crippen LogP contribution is 2.21. The van der Waals surface area contributed by atoms with Crippen LogP contribution < -0.4 is 0 Å². The van der Waals surface area contributed by atoms with Crippen molar-refractivity contribution in [2.75, 3.05) is 13.1 Å². The smallest absolute Gasteiger partial charge is 0.228 e. The lowest BCUT2D eigenvalue weighted by molar-refractivity contribution is -0.129. The van der Waals surface area contributed by atoms with Crippen molar-refractivity contribution in [3.8, 4) is 0 Å². The third-order valence-corrected chi connectivity index (χ3v) is 4.19. The molecule has 1 fully saturated rings. The maximum absolute atomic E-state index is 12.4. The maximum atomic E-state index is 12.4. The van der Waals surface area contributed by atoms with Gasteiger partial charge in [-0.05, 0) is 55.0 Å². The molecule has 1 aliphatic rings. The van der Waals surface area contributed by atoms with Gasteiger partial charge in [0.05, 0.1) is 6.42 Å². The number of amides is 1. The molecular formula is C18H21N3O. The van der Waals surface area contributed by atoms with Gasteiger partial charge in [-0.15, -0.1) is 0 Å². The summed E-state index contributed by atoms with van der Waals surface area (Å²) < 4.78 is 0. The lowest BCUT2D eigenvalue weighted by Gasteiger charge is -2.16. The van der Waals surface area contributed by atoms with Crippen molar-refractivity contribution >= 4 is 5.91 Å². The molecule has 3 rings (SSSR count). The molecule has 114 valence electrons. The first-order valence-electron chi connectivity index (χ1n) is 7.79. The fourth-order valence-corrected chi connectivity index (χ4v) is 3.04. The number of hydrogen-bond donors (Lipinski definition) is 0. The number of carbonyl (C=O) groups is 1. The minimum Gasteiger partial charge on any atom is -0.342 e. The lowest BCUT2D eigenvalue weighted by atomic mass is 10.0. The van der Waals surface area contributed by atoms with Crippen LogP contribution >= 0.6 is 0 Å². The average molecular weight is 295 g/mol. The Balaban J connectivity index is 1.55. The van der Waals surface area contributed by atoms with Crippen LogP contribution in [0.25, 0.3) is 0 Å². The number of rotatable bonds is 4. The Kier molecular flexibility index (Phi) is 4.47. The molecule has 1 saturated heterocycles. The van der Waals surface area contributed by atoms with Gasteiger partial charge in [-0.25, -0.2) is 0 Å². The number of hydrogen-bond acceptors (Lipinski definition) is 3. The second-order valence-electron chi connectivity index (χ2n) is 6.06. The molecule has 0 saturated carbocycles. The zero-order chi connectivity index (χ0) is 15.4. The van der Waals surface area contributed by atoms with E-state index >= 15 is 0 Å². The Morgan fingerprint density at radius 1 is 1.36 bits per heavy atom. The molecule has 1 unspecified atom stereocenters. The molecule has 3 heterocycles. The summed E-state index contributed by atoms with van der Waals surface area (Å²) in [7, 11) is 0. The first-order valence-corrected chi connectivity index (χ1v) is 7.79. The third kappa shape index (κ3) is 3.70. The predicted molar refractivity (Wildman–Crippen MR) is 85.3 cm³/mol. The third-order valence-electron chi connectivity index (χ3n) is 4.19. The van der Waals surface area contributed by atoms with Crippen LogP contribution in [0.3, 0.4) is 0 Å². The van der Waals surface area contributed by atoms with Crippen LogP contribution in [0.5, 0.6) is 0 Å². The van der Waals surface area contributed by atoms with Gasteiger partial charge in [0.15, 0.2) is 0 Å². The topological polar surface area (TPSA) is 46.1 Å². The first-order chi connectivity index (χ1) is 10.7. The molecule has 0 N–H and O–H groups in total. The molecule has 1 atom stereocenters. The van der Waals surface area contributed by atoms with E-state index in [2.05, 4.69) is 16.0 Å². The lowest BCUT2D eigenvalue weighted by Crippen LogP contribution is -2.30. The molecule has 22 heavy (non-hydrogen) atoms. The van der Waals surface area contributed by atoms with Crippen LogP contribution in [0.2, 0.25) is 0 Å². The fourth-order valence-electron chi connectivity index (χ4n) is 3.04. The van der Waals surface area contributed by atoms with Gasteiger partial charge in [-0.2, -0.15) is 0 Å². The van der Waals surface area contributed by atoms with Gasteiger partial charge >= 0.3 is 0 Å². The summed E-state index contributed by atoms with van der Waals surface area (Å²) in [5, 5.41) is 0. The van der Waals surface area contributed by atoms with Crippen LogP contribution in [0, 0.1) is 12.8 Å². The molecule has 0 aliphatic carbocycles. The maximum Gasteiger partial charge on any atom is 0.228 e. The number of aryl methyl sites for hydroxylation is 1. The quantitative estimate of drug-likeness (QED) is 0.870. The number of carbonyl (C=O) groups excluding carboxylic acids is 1. The van der Waals surface area contributed by atoms with Gasteiger partial charge in [-0.1, -0.05) is 6.07 Å². The second kappa shape index (κ2) is 6.69. The molecule has 0 bridgehead atoms. The van der Waals surface area contributed by atoms with Crippen molar-refractivity contribution in [2.24, 2.45) is 5.92 Å². The summed E-state index contributed by atoms with van der Waals surface area (Å²) in [4.78, 5) is 22.8. The Morgan fingerprint density at radius 3 is 3.05 bits per heavy atom. The molecule has 2 aromatic heterocycles. The van der Waals surface area contributed by atoms with Crippen molar-refractivity contribution in [1.29, 1.82) is 0 Å². The van der Waals surface area contributed by atoms with Crippen LogP contribution in [-0.4, -0.2) is 33.9 Å². The van der Waals surface area contributed by atoms with Gasteiger partial charge < -0.3 is 4.90 Å². The first kappa shape index (κ1) is 14.7. The predicted octanol–water partition coefficient (Wildman–Crippen LogP) is 2.42. The Hall–Kier alpha value is -2.23. The Morgan fingerprint density at radius 2 is 2.27 bits per heavy atom. The zero-order valence-electron chi connectivity index (χ0n) is 12.9. The number of nitrogens with zero attached hydrogens (tertiary/aromatic N) is 3. The van der Waals surface area contributed by atoms with Gasteiger partial charge in [0, 0.05) is 37.4 Å². The van der Waals surface area contributed by atoms with Crippen molar-refractivity contribution in [2.45, 2.75) is 26.2 Å². The molecule has 4 heteroatoms. The highest BCUT2D eigenvalue weighted by atomic mass is 16.2. The highest BCUT2D eigenvalue weighted by Gasteiger charge is 2.26. The molecule has 0 aromatic carbocycles. The standard InChI is InChI=1S/C18H21N3O/c1-14-4-7-20-17(9-14)11-18(22)21-8-5-16(13-21)10-15-3-2-6-19-12-15/h2-4,6-7,9,12,16H,5,8,10-11,13H2,1H3. The molecule has 4 nitrogen and oxygen atoms in total. The molecule has 0 radical (unpaired) electrons. The molecule has 2 aromatic rings. The van der Waals surface area contributed by atoms with Crippen LogP contribution in [-0.2, 0) is 17.6 Å². The molecule has 1 aliphatic heterocycles. The molecular weight excluding hydrogens is 274 g/mol. The Bertz CT molecular complexity index is 642. The SMILES string of the molecule is Cc1ccnc(CC(=O)N2CCC(Cc3cccnc3)C2)c1. The second-order valence-corrected chi connectivity index (χ2v) is 6.06. The summed E-state index contributed by atoms with van der Waals surface area (Å²) in [6.07, 6.45) is 7.96. The summed E-state index contributed by atoms with van der Waals surface area (Å²) in [6, 6.07) is 8.01. The van der Waals surface area contributed by atoms with E-state index in [1.165, 1.54) is 5.56 Å². The molecule has 0 spiro atoms. The van der Waals surface area contributed by atoms with Crippen LogP contribution in [0.15, 0.2) is 42.9 Å². The Labute approximate surface area is 131 Å². The van der Waals surface area contributed by atoms with E-state index in [9.17, 15) is 4.79 Å². The largest absolute Gasteiger partial charge is 0.342 e. The van der Waals surface area contributed by atoms with E-state index in [1.807, 2.05) is 36.2 Å². The van der Waals surface area contributed by atoms with Gasteiger partial charge in [0.25, 0.3) is 0 Å². The summed E-state index contributed by atoms with van der Waals surface area (Å²) in [5.74, 6) is 0.727. The minimum absolute atomic E-state index is 0.187. The molecule has 1 amide bonds. The summed E-state index contributed by atoms with van der Waals surface area (Å²) in [5.41, 5.74) is 3.26. The van der Waals surface area contributed by atoms with Gasteiger partial charge in [0.2, 0.25) is 5.91 Å². The van der Waals surface area contributed by atoms with E-state index in [-0.39, 0.29) is 5.91 Å². The van der Waals surface area contributed by atoms with Crippen LogP contribution in [0.4, 0.5) is 0 Å². The number of likely N-dealkylation sites (tertiary alicyclic amines) is 1. The van der Waals surface area contributed by atoms with Crippen molar-refractivity contribution < 1.29 is 4.79 Å². The van der Waals surface area contributed by atoms with Gasteiger partial charge in [-0.3, -0.25) is 14.8 Å². The van der Waals surface area contributed by atoms with Crippen molar-refractivity contribution in [3.63, 3.8) is 0 Å². The van der Waals surface area contributed by atoms with Crippen LogP contribution in [0.1, 0.15) is 23.2 Å². The summed E-state index contributed by atoms with van der Waals surface area (Å²) in [6.45, 7) is 3.73. The average Bonchev–Trinajstić information content (AvgIpc) is 2.97. The van der Waals surface area contributed by atoms with E-state index in [4.69, 9.17) is 0 Å². The zero-order valence-corrected chi connectivity index (χ0v) is 12.9. The van der Waals surface area contributed by atoms with Crippen molar-refractivity contribution in [3.05, 3.63) is 59.7 Å². The van der Waals surface area contributed by atoms with E-state index in [0.717, 1.165) is 37.2 Å². The van der Waals surface area contributed by atoms with Gasteiger partial charge in [0.1, 0.15) is 0 Å². The monoisotopic (exact) mass is 295 g/mol.